The lowest BCUT2D eigenvalue weighted by molar-refractivity contribution is 0.190. The van der Waals surface area contributed by atoms with Crippen molar-refractivity contribution in [3.05, 3.63) is 0 Å². The summed E-state index contributed by atoms with van der Waals surface area (Å²) in [6, 6.07) is 0.282. The molecule has 1 rings (SSSR count). The first kappa shape index (κ1) is 7.34. The van der Waals surface area contributed by atoms with Gasteiger partial charge in [-0.2, -0.15) is 0 Å². The fourth-order valence-electron chi connectivity index (χ4n) is 1.32. The fourth-order valence-corrected chi connectivity index (χ4v) is 1.32. The standard InChI is InChI=1S/C6H12N2O2/c7-4-1-2-5(3-4)8-6(9)10/h4-5,8H,1-3,7H2,(H,9,10)/t4?,5-/m0/s1. The number of carboxylic acid groups (broad SMARTS) is 1. The van der Waals surface area contributed by atoms with Gasteiger partial charge in [-0.3, -0.25) is 0 Å². The second-order valence-electron chi connectivity index (χ2n) is 2.72. The molecule has 0 saturated heterocycles. The van der Waals surface area contributed by atoms with E-state index in [0.717, 1.165) is 19.3 Å². The highest BCUT2D eigenvalue weighted by atomic mass is 16.4. The van der Waals surface area contributed by atoms with E-state index in [2.05, 4.69) is 5.32 Å². The Morgan fingerprint density at radius 3 is 2.70 bits per heavy atom. The summed E-state index contributed by atoms with van der Waals surface area (Å²) in [5.41, 5.74) is 5.57. The van der Waals surface area contributed by atoms with Crippen molar-refractivity contribution in [2.24, 2.45) is 5.73 Å². The van der Waals surface area contributed by atoms with Crippen LogP contribution in [0.4, 0.5) is 4.79 Å². The maximum Gasteiger partial charge on any atom is 0.404 e. The van der Waals surface area contributed by atoms with Crippen LogP contribution >= 0.6 is 0 Å². The van der Waals surface area contributed by atoms with E-state index in [1.807, 2.05) is 0 Å². The lowest BCUT2D eigenvalue weighted by Gasteiger charge is -2.07. The van der Waals surface area contributed by atoms with Gasteiger partial charge < -0.3 is 16.2 Å². The van der Waals surface area contributed by atoms with Crippen LogP contribution in [0.25, 0.3) is 0 Å². The van der Waals surface area contributed by atoms with Crippen molar-refractivity contribution in [1.29, 1.82) is 0 Å². The highest BCUT2D eigenvalue weighted by Crippen LogP contribution is 2.16. The van der Waals surface area contributed by atoms with Crippen molar-refractivity contribution in [2.45, 2.75) is 31.3 Å². The maximum atomic E-state index is 10.1. The predicted octanol–water partition coefficient (Wildman–Crippen LogP) is 0.134. The predicted molar refractivity (Wildman–Crippen MR) is 36.8 cm³/mol. The zero-order chi connectivity index (χ0) is 7.56. The summed E-state index contributed by atoms with van der Waals surface area (Å²) >= 11 is 0. The minimum Gasteiger partial charge on any atom is -0.465 e. The molecule has 2 atom stereocenters. The van der Waals surface area contributed by atoms with Gasteiger partial charge in [-0.15, -0.1) is 0 Å². The van der Waals surface area contributed by atoms with Crippen LogP contribution in [-0.4, -0.2) is 23.3 Å². The van der Waals surface area contributed by atoms with Gasteiger partial charge in [0, 0.05) is 12.1 Å². The van der Waals surface area contributed by atoms with Crippen LogP contribution in [0.1, 0.15) is 19.3 Å². The topological polar surface area (TPSA) is 75.3 Å². The Kier molecular flexibility index (Phi) is 2.11. The van der Waals surface area contributed by atoms with Crippen molar-refractivity contribution in [2.75, 3.05) is 0 Å². The smallest absolute Gasteiger partial charge is 0.404 e. The van der Waals surface area contributed by atoms with E-state index in [-0.39, 0.29) is 12.1 Å². The monoisotopic (exact) mass is 144 g/mol. The molecule has 1 unspecified atom stereocenters. The Morgan fingerprint density at radius 1 is 1.60 bits per heavy atom. The minimum absolute atomic E-state index is 0.0903. The number of amides is 1. The summed E-state index contributed by atoms with van der Waals surface area (Å²) in [4.78, 5) is 10.1. The molecule has 0 aromatic heterocycles. The van der Waals surface area contributed by atoms with Crippen LogP contribution in [0.3, 0.4) is 0 Å². The molecular formula is C6H12N2O2. The molecule has 58 valence electrons. The third-order valence-corrected chi connectivity index (χ3v) is 1.80. The number of hydrogen-bond acceptors (Lipinski definition) is 2. The molecule has 4 N–H and O–H groups in total. The maximum absolute atomic E-state index is 10.1. The molecule has 1 aliphatic carbocycles. The fraction of sp³-hybridized carbons (Fsp3) is 0.833. The van der Waals surface area contributed by atoms with Crippen LogP contribution in [-0.2, 0) is 0 Å². The van der Waals surface area contributed by atoms with Crippen LogP contribution < -0.4 is 11.1 Å². The first-order chi connectivity index (χ1) is 4.68. The van der Waals surface area contributed by atoms with Gasteiger partial charge in [0.15, 0.2) is 0 Å². The lowest BCUT2D eigenvalue weighted by atomic mass is 10.2. The van der Waals surface area contributed by atoms with E-state index in [0.29, 0.717) is 0 Å². The Bertz CT molecular complexity index is 138. The summed E-state index contributed by atoms with van der Waals surface area (Å²) in [5.74, 6) is 0. The second kappa shape index (κ2) is 2.88. The summed E-state index contributed by atoms with van der Waals surface area (Å²) < 4.78 is 0. The van der Waals surface area contributed by atoms with Crippen molar-refractivity contribution in [3.8, 4) is 0 Å². The average Bonchev–Trinajstić information content (AvgIpc) is 2.13. The molecule has 4 heteroatoms. The minimum atomic E-state index is -0.945. The number of nitrogens with one attached hydrogen (secondary N) is 1. The van der Waals surface area contributed by atoms with Crippen molar-refractivity contribution in [3.63, 3.8) is 0 Å². The Labute approximate surface area is 59.4 Å². The Hall–Kier alpha value is -0.770. The molecule has 10 heavy (non-hydrogen) atoms. The molecule has 0 spiro atoms. The molecule has 0 aromatic carbocycles. The number of hydrogen-bond donors (Lipinski definition) is 3. The van der Waals surface area contributed by atoms with E-state index in [4.69, 9.17) is 10.8 Å². The van der Waals surface area contributed by atoms with Gasteiger partial charge in [-0.05, 0) is 19.3 Å². The molecule has 1 amide bonds. The normalized spacial score (nSPS) is 32.1. The van der Waals surface area contributed by atoms with Gasteiger partial charge in [0.2, 0.25) is 0 Å². The Morgan fingerprint density at radius 2 is 2.30 bits per heavy atom. The zero-order valence-corrected chi connectivity index (χ0v) is 5.71. The average molecular weight is 144 g/mol. The summed E-state index contributed by atoms with van der Waals surface area (Å²) in [6.07, 6.45) is 1.66. The second-order valence-corrected chi connectivity index (χ2v) is 2.72. The van der Waals surface area contributed by atoms with Gasteiger partial charge in [0.25, 0.3) is 0 Å². The van der Waals surface area contributed by atoms with Crippen LogP contribution in [0.5, 0.6) is 0 Å². The lowest BCUT2D eigenvalue weighted by Crippen LogP contribution is -2.32. The van der Waals surface area contributed by atoms with Crippen molar-refractivity contribution in [1.82, 2.24) is 5.32 Å². The molecule has 1 saturated carbocycles. The van der Waals surface area contributed by atoms with E-state index in [1.54, 1.807) is 0 Å². The molecule has 0 heterocycles. The summed E-state index contributed by atoms with van der Waals surface area (Å²) in [7, 11) is 0. The Balaban J connectivity index is 2.24. The molecular weight excluding hydrogens is 132 g/mol. The number of carbonyl (C=O) groups is 1. The molecule has 0 radical (unpaired) electrons. The summed E-state index contributed by atoms with van der Waals surface area (Å²) in [5, 5.41) is 10.7. The number of nitrogens with two attached hydrogens (primary N) is 1. The van der Waals surface area contributed by atoms with Crippen molar-refractivity contribution >= 4 is 6.09 Å². The van der Waals surface area contributed by atoms with E-state index in [1.165, 1.54) is 0 Å². The van der Waals surface area contributed by atoms with E-state index >= 15 is 0 Å². The molecule has 1 aliphatic rings. The largest absolute Gasteiger partial charge is 0.465 e. The SMILES string of the molecule is NC1CC[C@H](NC(=O)O)C1. The van der Waals surface area contributed by atoms with Crippen molar-refractivity contribution < 1.29 is 9.90 Å². The first-order valence-corrected chi connectivity index (χ1v) is 3.43. The molecule has 4 nitrogen and oxygen atoms in total. The number of rotatable bonds is 1. The van der Waals surface area contributed by atoms with Gasteiger partial charge in [0.1, 0.15) is 0 Å². The molecule has 0 bridgehead atoms. The van der Waals surface area contributed by atoms with Crippen LogP contribution in [0, 0.1) is 0 Å². The third kappa shape index (κ3) is 1.88. The first-order valence-electron chi connectivity index (χ1n) is 3.43. The zero-order valence-electron chi connectivity index (χ0n) is 5.71. The van der Waals surface area contributed by atoms with E-state index in [9.17, 15) is 4.79 Å². The van der Waals surface area contributed by atoms with E-state index < -0.39 is 6.09 Å². The van der Waals surface area contributed by atoms with Gasteiger partial charge in [-0.1, -0.05) is 0 Å². The molecule has 0 aromatic rings. The molecule has 0 aliphatic heterocycles. The molecule has 1 fully saturated rings. The summed E-state index contributed by atoms with van der Waals surface area (Å²) in [6.45, 7) is 0. The van der Waals surface area contributed by atoms with Gasteiger partial charge in [-0.25, -0.2) is 4.79 Å². The highest BCUT2D eigenvalue weighted by molar-refractivity contribution is 5.64. The van der Waals surface area contributed by atoms with Crippen LogP contribution in [0.15, 0.2) is 0 Å². The van der Waals surface area contributed by atoms with Gasteiger partial charge in [0.05, 0.1) is 0 Å². The highest BCUT2D eigenvalue weighted by Gasteiger charge is 2.22. The quantitative estimate of drug-likeness (QED) is 0.489. The van der Waals surface area contributed by atoms with Crippen LogP contribution in [0.2, 0.25) is 0 Å². The third-order valence-electron chi connectivity index (χ3n) is 1.80. The van der Waals surface area contributed by atoms with Gasteiger partial charge >= 0.3 is 6.09 Å².